The molecule has 0 saturated heterocycles. The van der Waals surface area contributed by atoms with Gasteiger partial charge in [-0.25, -0.2) is 4.57 Å². The fourth-order valence-corrected chi connectivity index (χ4v) is 6.11. The summed E-state index contributed by atoms with van der Waals surface area (Å²) in [6.45, 7) is 3.62. The predicted molar refractivity (Wildman–Crippen MR) is 215 cm³/mol. The van der Waals surface area contributed by atoms with Crippen molar-refractivity contribution in [3.05, 3.63) is 48.6 Å². The van der Waals surface area contributed by atoms with E-state index in [1.807, 2.05) is 0 Å². The lowest BCUT2D eigenvalue weighted by Gasteiger charge is -2.19. The summed E-state index contributed by atoms with van der Waals surface area (Å²) in [6.07, 6.45) is 42.9. The third-order valence-corrected chi connectivity index (χ3v) is 9.40. The summed E-state index contributed by atoms with van der Waals surface area (Å²) in [5, 5.41) is 0. The molecule has 0 radical (unpaired) electrons. The lowest BCUT2D eigenvalue weighted by atomic mass is 10.1. The van der Waals surface area contributed by atoms with Crippen LogP contribution in [-0.2, 0) is 32.7 Å². The SMILES string of the molecule is CCC/C=C\CCCCCCCC(=O)OCC(COP(=O)(O)OCCN)OC(=O)CCCCCCCC/C=C\C/C=C\C/C=C\CCCCCCC. The summed E-state index contributed by atoms with van der Waals surface area (Å²) in [7, 11) is -4.38. The molecule has 0 aliphatic heterocycles. The highest BCUT2D eigenvalue weighted by molar-refractivity contribution is 7.47. The number of ether oxygens (including phenoxy) is 2. The van der Waals surface area contributed by atoms with Gasteiger partial charge in [0.05, 0.1) is 13.2 Å². The molecule has 0 heterocycles. The number of allylic oxidation sites excluding steroid dienone is 8. The molecule has 10 heteroatoms. The first-order chi connectivity index (χ1) is 25.3. The fourth-order valence-electron chi connectivity index (χ4n) is 5.35. The molecule has 0 saturated carbocycles. The van der Waals surface area contributed by atoms with E-state index in [0.717, 1.165) is 96.3 Å². The molecule has 3 N–H and O–H groups in total. The molecule has 0 rings (SSSR count). The van der Waals surface area contributed by atoms with Crippen molar-refractivity contribution in [3.63, 3.8) is 0 Å². The van der Waals surface area contributed by atoms with Crippen LogP contribution in [0.15, 0.2) is 48.6 Å². The summed E-state index contributed by atoms with van der Waals surface area (Å²) in [5.74, 6) is -0.859. The topological polar surface area (TPSA) is 134 Å². The number of phosphoric acid groups is 1. The van der Waals surface area contributed by atoms with E-state index in [0.29, 0.717) is 6.42 Å². The van der Waals surface area contributed by atoms with Crippen LogP contribution < -0.4 is 5.73 Å². The van der Waals surface area contributed by atoms with Gasteiger partial charge in [0.1, 0.15) is 6.61 Å². The Kier molecular flexibility index (Phi) is 37.2. The summed E-state index contributed by atoms with van der Waals surface area (Å²) < 4.78 is 32.6. The monoisotopic (exact) mass is 754 g/mol. The van der Waals surface area contributed by atoms with Crippen LogP contribution in [0.3, 0.4) is 0 Å². The largest absolute Gasteiger partial charge is 0.472 e. The van der Waals surface area contributed by atoms with Crippen LogP contribution >= 0.6 is 7.82 Å². The zero-order valence-electron chi connectivity index (χ0n) is 33.0. The van der Waals surface area contributed by atoms with E-state index in [2.05, 4.69) is 62.5 Å². The lowest BCUT2D eigenvalue weighted by Crippen LogP contribution is -2.29. The Hall–Kier alpha value is -2.03. The smallest absolute Gasteiger partial charge is 0.462 e. The summed E-state index contributed by atoms with van der Waals surface area (Å²) in [5.41, 5.74) is 5.33. The van der Waals surface area contributed by atoms with Crippen LogP contribution in [0.25, 0.3) is 0 Å². The molecule has 302 valence electrons. The number of carbonyl (C=O) groups excluding carboxylic acids is 2. The molecular weight excluding hydrogens is 677 g/mol. The minimum absolute atomic E-state index is 0.0482. The van der Waals surface area contributed by atoms with Crippen LogP contribution in [0.4, 0.5) is 0 Å². The average Bonchev–Trinajstić information content (AvgIpc) is 3.13. The van der Waals surface area contributed by atoms with Crippen LogP contribution in [-0.4, -0.2) is 49.3 Å². The third kappa shape index (κ3) is 37.7. The van der Waals surface area contributed by atoms with E-state index in [-0.39, 0.29) is 32.6 Å². The van der Waals surface area contributed by atoms with E-state index in [1.165, 1.54) is 44.9 Å². The molecule has 0 aliphatic rings. The Morgan fingerprint density at radius 2 is 1.04 bits per heavy atom. The standard InChI is InChI=1S/C42H76NO8P/c1-3-5-7-9-11-13-15-16-17-18-19-20-21-22-23-24-25-27-29-31-33-35-42(45)51-40(39-50-52(46,47)49-37-36-43)38-48-41(44)34-32-30-28-26-14-12-10-8-6-4-2/h8,10,15-16,18-19,21-22,40H,3-7,9,11-14,17,20,23-39,43H2,1-2H3,(H,46,47)/b10-8-,16-15-,19-18-,22-21-. The first-order valence-electron chi connectivity index (χ1n) is 20.6. The molecule has 52 heavy (non-hydrogen) atoms. The molecule has 0 aliphatic carbocycles. The summed E-state index contributed by atoms with van der Waals surface area (Å²) >= 11 is 0. The maximum atomic E-state index is 12.5. The molecule has 0 aromatic heterocycles. The van der Waals surface area contributed by atoms with Gasteiger partial charge in [-0.05, 0) is 70.6 Å². The van der Waals surface area contributed by atoms with E-state index in [4.69, 9.17) is 24.3 Å². The van der Waals surface area contributed by atoms with Crippen molar-refractivity contribution in [2.45, 2.75) is 180 Å². The van der Waals surface area contributed by atoms with Crippen LogP contribution in [0.1, 0.15) is 174 Å². The van der Waals surface area contributed by atoms with Gasteiger partial charge in [0.2, 0.25) is 0 Å². The number of esters is 2. The van der Waals surface area contributed by atoms with Gasteiger partial charge in [-0.15, -0.1) is 0 Å². The molecule has 2 unspecified atom stereocenters. The van der Waals surface area contributed by atoms with E-state index >= 15 is 0 Å². The number of hydrogen-bond donors (Lipinski definition) is 2. The first kappa shape index (κ1) is 50.0. The van der Waals surface area contributed by atoms with Crippen molar-refractivity contribution >= 4 is 19.8 Å². The van der Waals surface area contributed by atoms with E-state index in [9.17, 15) is 19.0 Å². The number of carbonyl (C=O) groups is 2. The van der Waals surface area contributed by atoms with Crippen molar-refractivity contribution in [2.75, 3.05) is 26.4 Å². The first-order valence-corrected chi connectivity index (χ1v) is 22.1. The molecular formula is C42H76NO8P. The van der Waals surface area contributed by atoms with Gasteiger partial charge in [0.15, 0.2) is 6.10 Å². The summed E-state index contributed by atoms with van der Waals surface area (Å²) in [4.78, 5) is 34.7. The Morgan fingerprint density at radius 3 is 1.58 bits per heavy atom. The van der Waals surface area contributed by atoms with Crippen molar-refractivity contribution in [1.29, 1.82) is 0 Å². The van der Waals surface area contributed by atoms with Gasteiger partial charge in [0.25, 0.3) is 0 Å². The molecule has 0 amide bonds. The number of unbranched alkanes of at least 4 members (excludes halogenated alkanes) is 17. The van der Waals surface area contributed by atoms with Gasteiger partial charge < -0.3 is 20.1 Å². The minimum Gasteiger partial charge on any atom is -0.462 e. The second kappa shape index (κ2) is 38.7. The van der Waals surface area contributed by atoms with Crippen LogP contribution in [0.2, 0.25) is 0 Å². The Bertz CT molecular complexity index is 996. The second-order valence-corrected chi connectivity index (χ2v) is 14.9. The van der Waals surface area contributed by atoms with Gasteiger partial charge in [-0.1, -0.05) is 140 Å². The average molecular weight is 754 g/mol. The predicted octanol–water partition coefficient (Wildman–Crippen LogP) is 11.6. The van der Waals surface area contributed by atoms with E-state index < -0.39 is 32.5 Å². The zero-order valence-corrected chi connectivity index (χ0v) is 33.9. The number of nitrogens with two attached hydrogens (primary N) is 1. The molecule has 0 aromatic rings. The highest BCUT2D eigenvalue weighted by Gasteiger charge is 2.25. The quantitative estimate of drug-likeness (QED) is 0.0273. The Labute approximate surface area is 317 Å². The molecule has 9 nitrogen and oxygen atoms in total. The summed E-state index contributed by atoms with van der Waals surface area (Å²) in [6, 6.07) is 0. The highest BCUT2D eigenvalue weighted by Crippen LogP contribution is 2.43. The highest BCUT2D eigenvalue weighted by atomic mass is 31.2. The molecule has 0 aromatic carbocycles. The Morgan fingerprint density at radius 1 is 0.577 bits per heavy atom. The van der Waals surface area contributed by atoms with Crippen molar-refractivity contribution < 1.29 is 37.6 Å². The van der Waals surface area contributed by atoms with Crippen molar-refractivity contribution in [3.8, 4) is 0 Å². The van der Waals surface area contributed by atoms with Gasteiger partial charge in [-0.3, -0.25) is 18.6 Å². The number of rotatable bonds is 38. The molecule has 0 fully saturated rings. The number of hydrogen-bond acceptors (Lipinski definition) is 8. The van der Waals surface area contributed by atoms with Gasteiger partial charge in [-0.2, -0.15) is 0 Å². The maximum Gasteiger partial charge on any atom is 0.472 e. The molecule has 0 bridgehead atoms. The van der Waals surface area contributed by atoms with Crippen LogP contribution in [0.5, 0.6) is 0 Å². The Balaban J connectivity index is 4.17. The van der Waals surface area contributed by atoms with Crippen molar-refractivity contribution in [2.24, 2.45) is 5.73 Å². The minimum atomic E-state index is -4.38. The second-order valence-electron chi connectivity index (χ2n) is 13.5. The van der Waals surface area contributed by atoms with Crippen LogP contribution in [0, 0.1) is 0 Å². The lowest BCUT2D eigenvalue weighted by molar-refractivity contribution is -0.161. The van der Waals surface area contributed by atoms with Gasteiger partial charge >= 0.3 is 19.8 Å². The zero-order chi connectivity index (χ0) is 38.2. The van der Waals surface area contributed by atoms with E-state index in [1.54, 1.807) is 0 Å². The number of phosphoric ester groups is 1. The fraction of sp³-hybridized carbons (Fsp3) is 0.762. The molecule has 0 spiro atoms. The normalized spacial score (nSPS) is 13.8. The van der Waals surface area contributed by atoms with Gasteiger partial charge in [0, 0.05) is 19.4 Å². The maximum absolute atomic E-state index is 12.5. The van der Waals surface area contributed by atoms with Crippen molar-refractivity contribution in [1.82, 2.24) is 0 Å². The molecule has 2 atom stereocenters. The third-order valence-electron chi connectivity index (χ3n) is 8.42.